The lowest BCUT2D eigenvalue weighted by atomic mass is 9.96. The van der Waals surface area contributed by atoms with Crippen LogP contribution in [0, 0.1) is 5.82 Å². The fourth-order valence-electron chi connectivity index (χ4n) is 3.89. The number of halogens is 1. The van der Waals surface area contributed by atoms with E-state index in [0.29, 0.717) is 44.0 Å². The van der Waals surface area contributed by atoms with Crippen LogP contribution in [0.2, 0.25) is 0 Å². The van der Waals surface area contributed by atoms with E-state index in [-0.39, 0.29) is 31.6 Å². The molecule has 1 amide bonds. The van der Waals surface area contributed by atoms with Gasteiger partial charge in [-0.3, -0.25) is 9.69 Å². The van der Waals surface area contributed by atoms with E-state index in [1.165, 1.54) is 6.07 Å². The lowest BCUT2D eigenvalue weighted by Gasteiger charge is -2.27. The van der Waals surface area contributed by atoms with E-state index >= 15 is 0 Å². The van der Waals surface area contributed by atoms with Crippen molar-refractivity contribution < 1.29 is 28.5 Å². The zero-order valence-electron chi connectivity index (χ0n) is 17.3. The Bertz CT molecular complexity index is 925. The average Bonchev–Trinajstić information content (AvgIpc) is 3.17. The Morgan fingerprint density at radius 1 is 1.16 bits per heavy atom. The maximum Gasteiger partial charge on any atom is 0.234 e. The number of nitrogens with one attached hydrogen (secondary N) is 1. The number of carbonyl (C=O) groups excluding carboxylic acids is 1. The van der Waals surface area contributed by atoms with Gasteiger partial charge in [-0.05, 0) is 44.0 Å². The van der Waals surface area contributed by atoms with Gasteiger partial charge in [-0.1, -0.05) is 24.3 Å². The van der Waals surface area contributed by atoms with Crippen LogP contribution in [0.25, 0.3) is 0 Å². The summed E-state index contributed by atoms with van der Waals surface area (Å²) < 4.78 is 30.1. The first kappa shape index (κ1) is 21.4. The van der Waals surface area contributed by atoms with Crippen LogP contribution in [-0.2, 0) is 11.3 Å². The van der Waals surface area contributed by atoms with Crippen molar-refractivity contribution in [3.05, 3.63) is 53.8 Å². The average molecular weight is 430 g/mol. The summed E-state index contributed by atoms with van der Waals surface area (Å²) in [7, 11) is 0. The van der Waals surface area contributed by atoms with Gasteiger partial charge >= 0.3 is 0 Å². The zero-order valence-corrected chi connectivity index (χ0v) is 17.3. The van der Waals surface area contributed by atoms with Crippen LogP contribution in [0.1, 0.15) is 24.8 Å². The van der Waals surface area contributed by atoms with E-state index in [4.69, 9.17) is 14.2 Å². The van der Waals surface area contributed by atoms with E-state index < -0.39 is 11.4 Å². The molecule has 166 valence electrons. The Hall–Kier alpha value is -2.84. The molecule has 1 fully saturated rings. The lowest BCUT2D eigenvalue weighted by molar-refractivity contribution is -0.122. The number of amides is 1. The quantitative estimate of drug-likeness (QED) is 0.703. The van der Waals surface area contributed by atoms with Gasteiger partial charge in [0.25, 0.3) is 0 Å². The molecule has 2 aromatic carbocycles. The number of ether oxygens (including phenoxy) is 3. The summed E-state index contributed by atoms with van der Waals surface area (Å²) in [6.07, 6.45) is 1.71. The maximum absolute atomic E-state index is 13.7. The van der Waals surface area contributed by atoms with Gasteiger partial charge in [0.2, 0.25) is 12.7 Å². The van der Waals surface area contributed by atoms with Crippen molar-refractivity contribution >= 4 is 5.91 Å². The third-order valence-electron chi connectivity index (χ3n) is 5.66. The molecule has 0 aliphatic carbocycles. The molecule has 2 aliphatic heterocycles. The minimum atomic E-state index is -1.05. The van der Waals surface area contributed by atoms with E-state index in [1.54, 1.807) is 18.2 Å². The number of hydrogen-bond acceptors (Lipinski definition) is 6. The molecule has 0 unspecified atom stereocenters. The second-order valence-electron chi connectivity index (χ2n) is 8.00. The van der Waals surface area contributed by atoms with Crippen molar-refractivity contribution in [2.45, 2.75) is 31.4 Å². The minimum Gasteiger partial charge on any atom is -0.488 e. The summed E-state index contributed by atoms with van der Waals surface area (Å²) in [5, 5.41) is 13.8. The summed E-state index contributed by atoms with van der Waals surface area (Å²) in [4.78, 5) is 14.5. The van der Waals surface area contributed by atoms with Crippen LogP contribution in [0.3, 0.4) is 0 Å². The lowest BCUT2D eigenvalue weighted by Crippen LogP contribution is -2.40. The largest absolute Gasteiger partial charge is 0.488 e. The van der Waals surface area contributed by atoms with E-state index in [2.05, 4.69) is 5.32 Å². The molecule has 2 N–H and O–H groups in total. The first-order chi connectivity index (χ1) is 15.0. The highest BCUT2D eigenvalue weighted by Crippen LogP contribution is 2.35. The number of aliphatic hydroxyl groups is 1. The molecule has 8 heteroatoms. The number of carbonyl (C=O) groups is 1. The van der Waals surface area contributed by atoms with Crippen molar-refractivity contribution in [2.75, 3.05) is 33.0 Å². The van der Waals surface area contributed by atoms with Crippen LogP contribution in [-0.4, -0.2) is 54.5 Å². The Labute approximate surface area is 180 Å². The summed E-state index contributed by atoms with van der Waals surface area (Å²) in [5.74, 6) is 0.968. The van der Waals surface area contributed by atoms with Gasteiger partial charge < -0.3 is 24.6 Å². The minimum absolute atomic E-state index is 0.0230. The molecule has 0 radical (unpaired) electrons. The van der Waals surface area contributed by atoms with Gasteiger partial charge in [0.1, 0.15) is 6.61 Å². The topological polar surface area (TPSA) is 80.3 Å². The second-order valence-corrected chi connectivity index (χ2v) is 8.00. The van der Waals surface area contributed by atoms with E-state index in [9.17, 15) is 14.3 Å². The fourth-order valence-corrected chi connectivity index (χ4v) is 3.89. The molecular formula is C23H27FN2O5. The van der Waals surface area contributed by atoms with Gasteiger partial charge in [-0.15, -0.1) is 0 Å². The summed E-state index contributed by atoms with van der Waals surface area (Å²) in [6.45, 7) is 2.08. The molecule has 4 rings (SSSR count). The normalized spacial score (nSPS) is 20.8. The molecule has 7 nitrogen and oxygen atoms in total. The molecule has 31 heavy (non-hydrogen) atoms. The number of nitrogens with zero attached hydrogens (tertiary/aromatic N) is 1. The number of rotatable bonds is 7. The first-order valence-electron chi connectivity index (χ1n) is 10.5. The highest BCUT2D eigenvalue weighted by molar-refractivity contribution is 5.78. The second kappa shape index (κ2) is 9.53. The van der Waals surface area contributed by atoms with Gasteiger partial charge in [0.05, 0.1) is 12.1 Å². The Morgan fingerprint density at radius 2 is 2.03 bits per heavy atom. The third-order valence-corrected chi connectivity index (χ3v) is 5.66. The highest BCUT2D eigenvalue weighted by Gasteiger charge is 2.32. The first-order valence-corrected chi connectivity index (χ1v) is 10.5. The molecule has 0 aromatic heterocycles. The molecule has 0 saturated carbocycles. The molecule has 2 aromatic rings. The molecule has 2 heterocycles. The van der Waals surface area contributed by atoms with Crippen LogP contribution in [0.5, 0.6) is 17.2 Å². The van der Waals surface area contributed by atoms with Crippen molar-refractivity contribution in [1.29, 1.82) is 0 Å². The van der Waals surface area contributed by atoms with Gasteiger partial charge in [0.15, 0.2) is 23.1 Å². The number of hydrogen-bond donors (Lipinski definition) is 2. The maximum atomic E-state index is 13.7. The fraction of sp³-hybridized carbons (Fsp3) is 0.435. The van der Waals surface area contributed by atoms with E-state index in [1.807, 2.05) is 23.1 Å². The molecule has 1 saturated heterocycles. The summed E-state index contributed by atoms with van der Waals surface area (Å²) in [6, 6.07) is 11.8. The van der Waals surface area contributed by atoms with Gasteiger partial charge in [-0.25, -0.2) is 4.39 Å². The summed E-state index contributed by atoms with van der Waals surface area (Å²) >= 11 is 0. The van der Waals surface area contributed by atoms with Crippen LogP contribution >= 0.6 is 0 Å². The van der Waals surface area contributed by atoms with Crippen molar-refractivity contribution in [3.8, 4) is 17.2 Å². The smallest absolute Gasteiger partial charge is 0.234 e. The Kier molecular flexibility index (Phi) is 6.58. The monoisotopic (exact) mass is 430 g/mol. The number of benzene rings is 2. The third kappa shape index (κ3) is 5.45. The van der Waals surface area contributed by atoms with Crippen LogP contribution < -0.4 is 19.5 Å². The SMILES string of the molecule is O=C(CN1CCC[C@](O)(COc2ccccc2F)CC1)NCc1cccc2c1OCO2. The number of para-hydroxylation sites is 2. The highest BCUT2D eigenvalue weighted by atomic mass is 19.1. The molecule has 0 bridgehead atoms. The standard InChI is InChI=1S/C23H27FN2O5/c24-18-6-1-2-7-19(18)29-15-23(28)9-4-11-26(12-10-23)14-21(27)25-13-17-5-3-8-20-22(17)31-16-30-20/h1-3,5-8,28H,4,9-16H2,(H,25,27)/t23-/m1/s1. The molecule has 1 atom stereocenters. The predicted octanol–water partition coefficient (Wildman–Crippen LogP) is 2.47. The number of likely N-dealkylation sites (tertiary alicyclic amines) is 1. The number of fused-ring (bicyclic) bond motifs is 1. The van der Waals surface area contributed by atoms with Crippen molar-refractivity contribution in [1.82, 2.24) is 10.2 Å². The van der Waals surface area contributed by atoms with Crippen LogP contribution in [0.4, 0.5) is 4.39 Å². The van der Waals surface area contributed by atoms with Crippen molar-refractivity contribution in [2.24, 2.45) is 0 Å². The molecule has 0 spiro atoms. The Morgan fingerprint density at radius 3 is 2.90 bits per heavy atom. The zero-order chi connectivity index (χ0) is 21.7. The predicted molar refractivity (Wildman–Crippen MR) is 112 cm³/mol. The molecular weight excluding hydrogens is 403 g/mol. The van der Waals surface area contributed by atoms with Gasteiger partial charge in [-0.2, -0.15) is 0 Å². The molecule has 2 aliphatic rings. The Balaban J connectivity index is 1.24. The van der Waals surface area contributed by atoms with Gasteiger partial charge in [0, 0.05) is 18.7 Å². The van der Waals surface area contributed by atoms with E-state index in [0.717, 1.165) is 12.0 Å². The summed E-state index contributed by atoms with van der Waals surface area (Å²) in [5.41, 5.74) is -0.172. The van der Waals surface area contributed by atoms with Crippen molar-refractivity contribution in [3.63, 3.8) is 0 Å². The van der Waals surface area contributed by atoms with Crippen LogP contribution in [0.15, 0.2) is 42.5 Å².